The molecule has 3 aromatic rings. The summed E-state index contributed by atoms with van der Waals surface area (Å²) in [5, 5.41) is 13.8. The molecule has 1 atom stereocenters. The Morgan fingerprint density at radius 1 is 1.16 bits per heavy atom. The molecule has 1 unspecified atom stereocenters. The Morgan fingerprint density at radius 2 is 1.90 bits per heavy atom. The average Bonchev–Trinajstić information content (AvgIpc) is 3.41. The number of fused-ring (bicyclic) bond motifs is 1. The predicted octanol–water partition coefficient (Wildman–Crippen LogP) is 2.80. The van der Waals surface area contributed by atoms with E-state index in [1.165, 1.54) is 36.1 Å². The number of nitrogens with zero attached hydrogens (tertiary/aromatic N) is 4. The van der Waals surface area contributed by atoms with Crippen molar-refractivity contribution >= 4 is 10.9 Å². The topological polar surface area (TPSA) is 80.9 Å². The Labute approximate surface area is 183 Å². The van der Waals surface area contributed by atoms with Crippen molar-refractivity contribution in [3.63, 3.8) is 0 Å². The lowest BCUT2D eigenvalue weighted by Gasteiger charge is -2.28. The van der Waals surface area contributed by atoms with E-state index in [0.29, 0.717) is 12.6 Å². The van der Waals surface area contributed by atoms with Crippen LogP contribution in [0.3, 0.4) is 0 Å². The molecule has 0 spiro atoms. The molecule has 1 aliphatic carbocycles. The first-order valence-electron chi connectivity index (χ1n) is 11.5. The fourth-order valence-corrected chi connectivity index (χ4v) is 4.93. The van der Waals surface area contributed by atoms with Crippen LogP contribution in [0.2, 0.25) is 0 Å². The molecule has 2 N–H and O–H groups in total. The largest absolute Gasteiger partial charge is 0.322 e. The smallest absolute Gasteiger partial charge is 0.257 e. The first-order valence-corrected chi connectivity index (χ1v) is 11.5. The molecule has 1 aliphatic rings. The average molecular weight is 424 g/mol. The molecule has 0 bridgehead atoms. The molecule has 31 heavy (non-hydrogen) atoms. The highest BCUT2D eigenvalue weighted by molar-refractivity contribution is 5.82. The molecule has 166 valence electrons. The zero-order valence-electron chi connectivity index (χ0n) is 19.5. The summed E-state index contributed by atoms with van der Waals surface area (Å²) in [6.07, 6.45) is 5.85. The SMILES string of the molecule is CCC(C)(C)n1nnnc1C[NH+](Cc1cc2cc(C)cc(C)c2[nH]c1=O)C1CCCC1. The summed E-state index contributed by atoms with van der Waals surface area (Å²) in [5.41, 5.74) is 3.99. The molecule has 4 rings (SSSR count). The van der Waals surface area contributed by atoms with Crippen molar-refractivity contribution in [2.24, 2.45) is 0 Å². The maximum Gasteiger partial charge on any atom is 0.257 e. The molecule has 1 saturated carbocycles. The minimum Gasteiger partial charge on any atom is -0.322 e. The van der Waals surface area contributed by atoms with Crippen LogP contribution in [0.4, 0.5) is 0 Å². The Balaban J connectivity index is 1.68. The van der Waals surface area contributed by atoms with Gasteiger partial charge >= 0.3 is 0 Å². The van der Waals surface area contributed by atoms with E-state index in [1.54, 1.807) is 0 Å². The zero-order valence-corrected chi connectivity index (χ0v) is 19.5. The molecule has 2 aromatic heterocycles. The van der Waals surface area contributed by atoms with E-state index < -0.39 is 0 Å². The molecule has 0 aliphatic heterocycles. The third kappa shape index (κ3) is 4.42. The van der Waals surface area contributed by atoms with Gasteiger partial charge in [-0.15, -0.1) is 5.10 Å². The minimum absolute atomic E-state index is 0.0171. The number of hydrogen-bond acceptors (Lipinski definition) is 4. The third-order valence-corrected chi connectivity index (χ3v) is 7.08. The van der Waals surface area contributed by atoms with Gasteiger partial charge in [0.05, 0.1) is 22.7 Å². The number of tetrazole rings is 1. The van der Waals surface area contributed by atoms with E-state index in [2.05, 4.69) is 73.3 Å². The summed E-state index contributed by atoms with van der Waals surface area (Å²) >= 11 is 0. The van der Waals surface area contributed by atoms with Crippen LogP contribution in [0.5, 0.6) is 0 Å². The number of rotatable bonds is 7. The van der Waals surface area contributed by atoms with Gasteiger partial charge in [-0.2, -0.15) is 0 Å². The Kier molecular flexibility index (Phi) is 5.97. The summed E-state index contributed by atoms with van der Waals surface area (Å²) in [5.74, 6) is 0.901. The maximum absolute atomic E-state index is 13.0. The Morgan fingerprint density at radius 3 is 2.61 bits per heavy atom. The van der Waals surface area contributed by atoms with Gasteiger partial charge in [0.15, 0.2) is 0 Å². The van der Waals surface area contributed by atoms with Gasteiger partial charge in [0, 0.05) is 0 Å². The number of nitrogens with one attached hydrogen (secondary N) is 2. The van der Waals surface area contributed by atoms with Crippen LogP contribution in [0, 0.1) is 13.8 Å². The van der Waals surface area contributed by atoms with Crippen LogP contribution in [0.1, 0.15) is 75.4 Å². The second-order valence-electron chi connectivity index (χ2n) is 9.84. The van der Waals surface area contributed by atoms with Gasteiger partial charge in [-0.25, -0.2) is 4.68 Å². The number of H-pyrrole nitrogens is 1. The first kappa shape index (κ1) is 21.7. The first-order chi connectivity index (χ1) is 14.8. The van der Waals surface area contributed by atoms with Crippen molar-refractivity contribution in [3.8, 4) is 0 Å². The van der Waals surface area contributed by atoms with Gasteiger partial charge in [-0.1, -0.05) is 18.6 Å². The summed E-state index contributed by atoms with van der Waals surface area (Å²) in [6.45, 7) is 12.1. The van der Waals surface area contributed by atoms with E-state index in [4.69, 9.17) is 0 Å². The minimum atomic E-state index is -0.130. The van der Waals surface area contributed by atoms with Crippen LogP contribution < -0.4 is 10.5 Å². The molecule has 0 radical (unpaired) electrons. The second kappa shape index (κ2) is 8.54. The number of quaternary nitrogens is 1. The highest BCUT2D eigenvalue weighted by Gasteiger charge is 2.31. The fourth-order valence-electron chi connectivity index (χ4n) is 4.93. The number of aromatic amines is 1. The van der Waals surface area contributed by atoms with E-state index in [1.807, 2.05) is 4.68 Å². The molecule has 0 saturated heterocycles. The molecule has 2 heterocycles. The highest BCUT2D eigenvalue weighted by Crippen LogP contribution is 2.21. The normalized spacial score (nSPS) is 16.3. The lowest BCUT2D eigenvalue weighted by molar-refractivity contribution is -0.952. The number of benzene rings is 1. The van der Waals surface area contributed by atoms with Gasteiger partial charge in [0.1, 0.15) is 13.1 Å². The van der Waals surface area contributed by atoms with E-state index >= 15 is 0 Å². The molecule has 1 aromatic carbocycles. The van der Waals surface area contributed by atoms with Crippen molar-refractivity contribution in [2.45, 2.75) is 91.4 Å². The lowest BCUT2D eigenvalue weighted by Crippen LogP contribution is -3.13. The quantitative estimate of drug-likeness (QED) is 0.612. The molecule has 7 heteroatoms. The number of aromatic nitrogens is 5. The van der Waals surface area contributed by atoms with Crippen molar-refractivity contribution < 1.29 is 4.90 Å². The van der Waals surface area contributed by atoms with Gasteiger partial charge in [-0.3, -0.25) is 4.79 Å². The summed E-state index contributed by atoms with van der Waals surface area (Å²) in [7, 11) is 0. The number of hydrogen-bond donors (Lipinski definition) is 2. The van der Waals surface area contributed by atoms with Crippen molar-refractivity contribution in [2.75, 3.05) is 0 Å². The standard InChI is InChI=1S/C24H34N6O/c1-6-24(4,5)30-21(26-27-28-30)15-29(20-9-7-8-10-20)14-19-13-18-12-16(2)11-17(3)22(18)25-23(19)31/h11-13,20H,6-10,14-15H2,1-5H3,(H,25,31)/p+1. The highest BCUT2D eigenvalue weighted by atomic mass is 16.1. The van der Waals surface area contributed by atoms with E-state index in [9.17, 15) is 4.79 Å². The molecule has 7 nitrogen and oxygen atoms in total. The molecular formula is C24H35N6O+. The van der Waals surface area contributed by atoms with Gasteiger partial charge in [0.2, 0.25) is 5.82 Å². The molecule has 1 fully saturated rings. The van der Waals surface area contributed by atoms with Crippen molar-refractivity contribution in [1.82, 2.24) is 25.2 Å². The number of pyridine rings is 1. The van der Waals surface area contributed by atoms with Crippen LogP contribution in [0.25, 0.3) is 10.9 Å². The van der Waals surface area contributed by atoms with E-state index in [0.717, 1.165) is 40.8 Å². The van der Waals surface area contributed by atoms with Crippen molar-refractivity contribution in [1.29, 1.82) is 0 Å². The summed E-state index contributed by atoms with van der Waals surface area (Å²) in [6, 6.07) is 6.89. The number of aryl methyl sites for hydroxylation is 2. The Hall–Kier alpha value is -2.54. The van der Waals surface area contributed by atoms with Crippen LogP contribution in [0.15, 0.2) is 23.0 Å². The van der Waals surface area contributed by atoms with Gasteiger partial charge in [0.25, 0.3) is 5.56 Å². The predicted molar refractivity (Wildman–Crippen MR) is 122 cm³/mol. The molecular weight excluding hydrogens is 388 g/mol. The van der Waals surface area contributed by atoms with Crippen LogP contribution in [-0.4, -0.2) is 31.2 Å². The third-order valence-electron chi connectivity index (χ3n) is 7.08. The summed E-state index contributed by atoms with van der Waals surface area (Å²) < 4.78 is 1.97. The second-order valence-corrected chi connectivity index (χ2v) is 9.84. The summed E-state index contributed by atoms with van der Waals surface area (Å²) in [4.78, 5) is 17.5. The fraction of sp³-hybridized carbons (Fsp3) is 0.583. The molecule has 0 amide bonds. The maximum atomic E-state index is 13.0. The van der Waals surface area contributed by atoms with Crippen LogP contribution >= 0.6 is 0 Å². The van der Waals surface area contributed by atoms with Gasteiger partial charge < -0.3 is 9.88 Å². The Bertz CT molecular complexity index is 1120. The zero-order chi connectivity index (χ0) is 22.2. The van der Waals surface area contributed by atoms with Gasteiger partial charge in [-0.05, 0) is 93.3 Å². The van der Waals surface area contributed by atoms with Crippen molar-refractivity contribution in [3.05, 3.63) is 51.1 Å². The van der Waals surface area contributed by atoms with E-state index in [-0.39, 0.29) is 11.1 Å². The monoisotopic (exact) mass is 423 g/mol. The lowest BCUT2D eigenvalue weighted by atomic mass is 10.0. The van der Waals surface area contributed by atoms with Crippen LogP contribution in [-0.2, 0) is 18.6 Å².